The zero-order chi connectivity index (χ0) is 23.5. The first kappa shape index (κ1) is 23.4. The molecule has 3 aromatic rings. The third-order valence-corrected chi connectivity index (χ3v) is 4.62. The van der Waals surface area contributed by atoms with E-state index < -0.39 is 41.5 Å². The first-order chi connectivity index (χ1) is 15.1. The van der Waals surface area contributed by atoms with Crippen molar-refractivity contribution in [1.82, 2.24) is 0 Å². The predicted octanol–water partition coefficient (Wildman–Crippen LogP) is 8.14. The lowest BCUT2D eigenvalue weighted by atomic mass is 9.97. The molecular formula is C24H17F7O. The molecule has 168 valence electrons. The van der Waals surface area contributed by atoms with Gasteiger partial charge in [0.25, 0.3) is 6.08 Å². The van der Waals surface area contributed by atoms with Crippen LogP contribution in [0.25, 0.3) is 22.3 Å². The zero-order valence-corrected chi connectivity index (χ0v) is 16.7. The van der Waals surface area contributed by atoms with Crippen LogP contribution >= 0.6 is 0 Å². The van der Waals surface area contributed by atoms with Crippen molar-refractivity contribution < 1.29 is 35.5 Å². The van der Waals surface area contributed by atoms with Crippen LogP contribution in [0.4, 0.5) is 30.7 Å². The van der Waals surface area contributed by atoms with E-state index >= 15 is 0 Å². The van der Waals surface area contributed by atoms with Crippen LogP contribution in [0.5, 0.6) is 5.75 Å². The molecule has 0 amide bonds. The number of benzene rings is 3. The van der Waals surface area contributed by atoms with Crippen molar-refractivity contribution in [3.63, 3.8) is 0 Å². The third kappa shape index (κ3) is 5.49. The lowest BCUT2D eigenvalue weighted by Crippen LogP contribution is -2.22. The minimum Gasteiger partial charge on any atom is -0.426 e. The van der Waals surface area contributed by atoms with Gasteiger partial charge >= 0.3 is 6.11 Å². The van der Waals surface area contributed by atoms with Gasteiger partial charge in [0.2, 0.25) is 0 Å². The van der Waals surface area contributed by atoms with Crippen LogP contribution in [0.15, 0.2) is 66.8 Å². The molecule has 0 bridgehead atoms. The summed E-state index contributed by atoms with van der Waals surface area (Å²) in [5.74, 6) is -3.57. The fourth-order valence-corrected chi connectivity index (χ4v) is 3.21. The van der Waals surface area contributed by atoms with Crippen LogP contribution in [-0.4, -0.2) is 6.11 Å². The topological polar surface area (TPSA) is 9.23 Å². The molecule has 0 aromatic heterocycles. The highest BCUT2D eigenvalue weighted by Gasteiger charge is 2.31. The van der Waals surface area contributed by atoms with E-state index in [-0.39, 0.29) is 22.3 Å². The summed E-state index contributed by atoms with van der Waals surface area (Å²) < 4.78 is 98.0. The second kappa shape index (κ2) is 9.46. The molecule has 0 saturated heterocycles. The Morgan fingerprint density at radius 2 is 1.38 bits per heavy atom. The largest absolute Gasteiger partial charge is 0.426 e. The molecule has 0 aliphatic heterocycles. The van der Waals surface area contributed by atoms with Crippen LogP contribution < -0.4 is 4.74 Å². The second-order valence-electron chi connectivity index (χ2n) is 7.00. The molecule has 8 heteroatoms. The maximum Gasteiger partial charge on any atom is 0.425 e. The van der Waals surface area contributed by atoms with Gasteiger partial charge in [0.05, 0.1) is 6.08 Å². The van der Waals surface area contributed by atoms with Gasteiger partial charge in [-0.1, -0.05) is 43.7 Å². The molecule has 3 rings (SSSR count). The average molecular weight is 454 g/mol. The molecule has 0 unspecified atom stereocenters. The lowest BCUT2D eigenvalue weighted by molar-refractivity contribution is -0.135. The van der Waals surface area contributed by atoms with Crippen molar-refractivity contribution in [3.05, 3.63) is 89.8 Å². The van der Waals surface area contributed by atoms with E-state index in [1.54, 1.807) is 12.1 Å². The van der Waals surface area contributed by atoms with E-state index in [9.17, 15) is 30.7 Å². The molecule has 1 nitrogen and oxygen atoms in total. The number of rotatable bonds is 7. The van der Waals surface area contributed by atoms with Crippen molar-refractivity contribution in [2.24, 2.45) is 0 Å². The Hall–Kier alpha value is -3.29. The number of hydrogen-bond acceptors (Lipinski definition) is 1. The minimum absolute atomic E-state index is 0.00630. The van der Waals surface area contributed by atoms with E-state index in [0.717, 1.165) is 36.2 Å². The second-order valence-corrected chi connectivity index (χ2v) is 7.00. The third-order valence-electron chi connectivity index (χ3n) is 4.62. The average Bonchev–Trinajstić information content (AvgIpc) is 2.69. The molecular weight excluding hydrogens is 437 g/mol. The van der Waals surface area contributed by atoms with Gasteiger partial charge in [0.15, 0.2) is 11.6 Å². The molecule has 0 aliphatic rings. The Balaban J connectivity index is 1.88. The summed E-state index contributed by atoms with van der Waals surface area (Å²) in [5, 5.41) is 0. The van der Waals surface area contributed by atoms with Crippen molar-refractivity contribution in [2.45, 2.75) is 25.9 Å². The van der Waals surface area contributed by atoms with E-state index in [0.29, 0.717) is 6.42 Å². The van der Waals surface area contributed by atoms with Crippen LogP contribution in [-0.2, 0) is 6.42 Å². The Kier molecular flexibility index (Phi) is 6.91. The summed E-state index contributed by atoms with van der Waals surface area (Å²) in [6.45, 7) is 1.97. The van der Waals surface area contributed by atoms with Gasteiger partial charge in [0.1, 0.15) is 11.6 Å². The van der Waals surface area contributed by atoms with Crippen molar-refractivity contribution in [3.8, 4) is 28.0 Å². The standard InChI is InChI=1S/C24H17F7O/c1-2-3-14-4-7-17(19(25)10-14)15-5-8-18(20(26)11-15)16-6-9-22(21(27)12-16)32-24(30,31)13-23(28)29/h4-13H,2-3H2,1H3. The van der Waals surface area contributed by atoms with Crippen LogP contribution in [0.3, 0.4) is 0 Å². The number of alkyl halides is 2. The highest BCUT2D eigenvalue weighted by atomic mass is 19.3. The van der Waals surface area contributed by atoms with Crippen molar-refractivity contribution >= 4 is 0 Å². The van der Waals surface area contributed by atoms with Crippen molar-refractivity contribution in [1.29, 1.82) is 0 Å². The summed E-state index contributed by atoms with van der Waals surface area (Å²) in [7, 11) is 0. The van der Waals surface area contributed by atoms with E-state index in [1.165, 1.54) is 18.2 Å². The molecule has 0 N–H and O–H groups in total. The van der Waals surface area contributed by atoms with Gasteiger partial charge in [-0.15, -0.1) is 0 Å². The smallest absolute Gasteiger partial charge is 0.425 e. The highest BCUT2D eigenvalue weighted by Crippen LogP contribution is 2.33. The maximum atomic E-state index is 14.7. The van der Waals surface area contributed by atoms with Gasteiger partial charge in [-0.2, -0.15) is 17.6 Å². The molecule has 0 radical (unpaired) electrons. The summed E-state index contributed by atoms with van der Waals surface area (Å²) in [6.07, 6.45) is -6.31. The lowest BCUT2D eigenvalue weighted by Gasteiger charge is -2.15. The Morgan fingerprint density at radius 3 is 1.91 bits per heavy atom. The molecule has 32 heavy (non-hydrogen) atoms. The van der Waals surface area contributed by atoms with E-state index in [2.05, 4.69) is 4.74 Å². The zero-order valence-electron chi connectivity index (χ0n) is 16.7. The molecule has 0 heterocycles. The normalized spacial score (nSPS) is 11.4. The molecule has 3 aromatic carbocycles. The number of ether oxygens (including phenoxy) is 1. The summed E-state index contributed by atoms with van der Waals surface area (Å²) in [6, 6.07) is 11.1. The Bertz CT molecular complexity index is 1150. The minimum atomic E-state index is -4.43. The Labute approximate surface area is 179 Å². The van der Waals surface area contributed by atoms with Gasteiger partial charge in [0, 0.05) is 11.1 Å². The van der Waals surface area contributed by atoms with E-state index in [4.69, 9.17) is 0 Å². The number of hydrogen-bond donors (Lipinski definition) is 0. The van der Waals surface area contributed by atoms with Gasteiger partial charge in [-0.3, -0.25) is 0 Å². The van der Waals surface area contributed by atoms with Gasteiger partial charge < -0.3 is 4.74 Å². The van der Waals surface area contributed by atoms with Gasteiger partial charge in [-0.25, -0.2) is 13.2 Å². The van der Waals surface area contributed by atoms with Crippen LogP contribution in [0.2, 0.25) is 0 Å². The molecule has 0 atom stereocenters. The van der Waals surface area contributed by atoms with Crippen molar-refractivity contribution in [2.75, 3.05) is 0 Å². The maximum absolute atomic E-state index is 14.7. The molecule has 0 aliphatic carbocycles. The quantitative estimate of drug-likeness (QED) is 0.328. The fourth-order valence-electron chi connectivity index (χ4n) is 3.21. The Morgan fingerprint density at radius 1 is 0.812 bits per heavy atom. The monoisotopic (exact) mass is 454 g/mol. The SMILES string of the molecule is CCCc1ccc(-c2ccc(-c3ccc(OC(F)(F)C=C(F)F)c(F)c3)c(F)c2)c(F)c1. The molecule has 0 spiro atoms. The first-order valence-corrected chi connectivity index (χ1v) is 9.58. The fraction of sp³-hybridized carbons (Fsp3) is 0.167. The molecule has 0 saturated carbocycles. The summed E-state index contributed by atoms with van der Waals surface area (Å²) >= 11 is 0. The number of aryl methyl sites for hydroxylation is 1. The molecule has 0 fully saturated rings. The van der Waals surface area contributed by atoms with E-state index in [1.807, 2.05) is 6.92 Å². The summed E-state index contributed by atoms with van der Waals surface area (Å²) in [4.78, 5) is 0. The highest BCUT2D eigenvalue weighted by molar-refractivity contribution is 5.72. The van der Waals surface area contributed by atoms with Crippen LogP contribution in [0, 0.1) is 17.5 Å². The van der Waals surface area contributed by atoms with Crippen LogP contribution in [0.1, 0.15) is 18.9 Å². The summed E-state index contributed by atoms with van der Waals surface area (Å²) in [5.41, 5.74) is 1.21. The predicted molar refractivity (Wildman–Crippen MR) is 107 cm³/mol. The first-order valence-electron chi connectivity index (χ1n) is 9.58. The number of halogens is 7. The van der Waals surface area contributed by atoms with Gasteiger partial charge in [-0.05, 0) is 47.4 Å².